The summed E-state index contributed by atoms with van der Waals surface area (Å²) in [6.07, 6.45) is -8.15. The molecule has 0 saturated heterocycles. The Balaban J connectivity index is 1.25. The van der Waals surface area contributed by atoms with E-state index >= 15 is 0 Å². The molecule has 0 spiro atoms. The van der Waals surface area contributed by atoms with Crippen molar-refractivity contribution in [1.82, 2.24) is 10.6 Å². The molecule has 3 aliphatic carbocycles. The monoisotopic (exact) mass is 560 g/mol. The number of aliphatic hydroxyl groups is 1. The average molecular weight is 560 g/mol. The fraction of sp³-hybridized carbons (Fsp3) is 0.462. The number of ether oxygens (including phenoxy) is 2. The van der Waals surface area contributed by atoms with Gasteiger partial charge in [-0.1, -0.05) is 0 Å². The molecule has 2 bridgehead atoms. The Bertz CT molecular complexity index is 1170. The van der Waals surface area contributed by atoms with E-state index in [-0.39, 0.29) is 17.9 Å². The maximum absolute atomic E-state index is 12.7. The van der Waals surface area contributed by atoms with E-state index in [1.54, 1.807) is 0 Å². The van der Waals surface area contributed by atoms with Crippen LogP contribution in [0, 0.1) is 0 Å². The zero-order chi connectivity index (χ0) is 28.5. The highest BCUT2D eigenvalue weighted by molar-refractivity contribution is 5.79. The van der Waals surface area contributed by atoms with Gasteiger partial charge in [0.15, 0.2) is 13.2 Å². The highest BCUT2D eigenvalue weighted by atomic mass is 19.4. The lowest BCUT2D eigenvalue weighted by molar-refractivity contribution is -0.138. The Labute approximate surface area is 219 Å². The van der Waals surface area contributed by atoms with Crippen LogP contribution < -0.4 is 20.1 Å². The Morgan fingerprint density at radius 1 is 0.744 bits per heavy atom. The van der Waals surface area contributed by atoms with E-state index < -0.39 is 65.7 Å². The van der Waals surface area contributed by atoms with Gasteiger partial charge in [-0.2, -0.15) is 26.3 Å². The molecule has 2 amide bonds. The van der Waals surface area contributed by atoms with E-state index in [0.29, 0.717) is 25.7 Å². The second-order valence-electron chi connectivity index (χ2n) is 9.87. The van der Waals surface area contributed by atoms with Crippen molar-refractivity contribution in [2.45, 2.75) is 61.6 Å². The zero-order valence-corrected chi connectivity index (χ0v) is 20.5. The van der Waals surface area contributed by atoms with Crippen LogP contribution in [-0.2, 0) is 21.9 Å². The smallest absolute Gasteiger partial charge is 0.416 e. The van der Waals surface area contributed by atoms with Crippen molar-refractivity contribution in [3.05, 3.63) is 59.7 Å². The minimum atomic E-state index is -4.49. The average Bonchev–Trinajstić information content (AvgIpc) is 2.87. The number of hydrogen-bond donors (Lipinski definition) is 3. The Kier molecular flexibility index (Phi) is 7.75. The van der Waals surface area contributed by atoms with Crippen molar-refractivity contribution in [2.75, 3.05) is 13.2 Å². The number of benzene rings is 2. The number of halogens is 6. The second kappa shape index (κ2) is 10.6. The van der Waals surface area contributed by atoms with Gasteiger partial charge in [0.05, 0.1) is 22.8 Å². The fourth-order valence-electron chi connectivity index (χ4n) is 5.09. The van der Waals surface area contributed by atoms with E-state index in [2.05, 4.69) is 10.6 Å². The molecule has 2 aromatic carbocycles. The molecule has 0 heterocycles. The number of fused-ring (bicyclic) bond motifs is 3. The molecule has 0 aromatic heterocycles. The molecule has 7 nitrogen and oxygen atoms in total. The van der Waals surface area contributed by atoms with Gasteiger partial charge in [0.1, 0.15) is 11.5 Å². The van der Waals surface area contributed by atoms with Gasteiger partial charge in [-0.3, -0.25) is 9.59 Å². The van der Waals surface area contributed by atoms with Crippen LogP contribution in [0.1, 0.15) is 43.2 Å². The quantitative estimate of drug-likeness (QED) is 0.420. The van der Waals surface area contributed by atoms with Crippen molar-refractivity contribution < 1.29 is 50.5 Å². The van der Waals surface area contributed by atoms with Crippen molar-refractivity contribution >= 4 is 11.8 Å². The van der Waals surface area contributed by atoms with Gasteiger partial charge in [0.25, 0.3) is 11.8 Å². The maximum Gasteiger partial charge on any atom is 0.416 e. The first-order valence-electron chi connectivity index (χ1n) is 12.1. The second-order valence-corrected chi connectivity index (χ2v) is 9.87. The van der Waals surface area contributed by atoms with Crippen LogP contribution in [-0.4, -0.2) is 47.3 Å². The minimum Gasteiger partial charge on any atom is -0.484 e. The van der Waals surface area contributed by atoms with Crippen molar-refractivity contribution in [3.63, 3.8) is 0 Å². The van der Waals surface area contributed by atoms with E-state index in [0.717, 1.165) is 48.5 Å². The molecule has 2 aromatic rings. The highest BCUT2D eigenvalue weighted by Gasteiger charge is 2.55. The Hall–Kier alpha value is -3.48. The molecule has 5 rings (SSSR count). The molecule has 3 saturated carbocycles. The third-order valence-electron chi connectivity index (χ3n) is 7.22. The minimum absolute atomic E-state index is 0.0868. The molecule has 0 aliphatic heterocycles. The van der Waals surface area contributed by atoms with E-state index in [9.17, 15) is 41.0 Å². The number of rotatable bonds is 8. The molecule has 3 fully saturated rings. The first-order valence-corrected chi connectivity index (χ1v) is 12.1. The van der Waals surface area contributed by atoms with Gasteiger partial charge in [-0.05, 0) is 80.6 Å². The summed E-state index contributed by atoms with van der Waals surface area (Å²) in [6, 6.07) is 7.88. The van der Waals surface area contributed by atoms with Gasteiger partial charge >= 0.3 is 12.4 Å². The lowest BCUT2D eigenvalue weighted by atomic mass is 9.60. The third kappa shape index (κ3) is 6.75. The SMILES string of the molecule is O=C(COc1ccc(C(F)(F)F)cc1)NC12CCC(NC(=O)COc3ccc(C(F)(F)F)cc3)(CC1)[C@H](O)C2. The lowest BCUT2D eigenvalue weighted by Crippen LogP contribution is -2.70. The molecule has 1 atom stereocenters. The topological polar surface area (TPSA) is 96.9 Å². The standard InChI is InChI=1S/C26H26F6N2O5/c27-25(28,29)16-1-5-18(6-2-16)38-14-21(36)33-23-9-11-24(12-10-23,20(35)13-23)34-22(37)15-39-19-7-3-17(4-8-19)26(30,31)32/h1-8,20,35H,9-15H2,(H,33,36)(H,34,37)/t20-,23?,24?/m1/s1. The van der Waals surface area contributed by atoms with Crippen molar-refractivity contribution in [3.8, 4) is 11.5 Å². The van der Waals surface area contributed by atoms with Crippen LogP contribution in [0.4, 0.5) is 26.3 Å². The van der Waals surface area contributed by atoms with Gasteiger partial charge in [-0.15, -0.1) is 0 Å². The van der Waals surface area contributed by atoms with Crippen LogP contribution in [0.2, 0.25) is 0 Å². The summed E-state index contributed by atoms with van der Waals surface area (Å²) in [6.45, 7) is -0.880. The number of hydrogen-bond acceptors (Lipinski definition) is 5. The molecule has 3 aliphatic rings. The Morgan fingerprint density at radius 2 is 1.15 bits per heavy atom. The fourth-order valence-corrected chi connectivity index (χ4v) is 5.09. The van der Waals surface area contributed by atoms with Crippen molar-refractivity contribution in [2.24, 2.45) is 0 Å². The predicted molar refractivity (Wildman–Crippen MR) is 125 cm³/mol. The van der Waals surface area contributed by atoms with Gasteiger partial charge in [0.2, 0.25) is 0 Å². The molecule has 0 radical (unpaired) electrons. The van der Waals surface area contributed by atoms with E-state index in [1.165, 1.54) is 0 Å². The molecule has 39 heavy (non-hydrogen) atoms. The Morgan fingerprint density at radius 3 is 1.54 bits per heavy atom. The first kappa shape index (κ1) is 28.5. The highest BCUT2D eigenvalue weighted by Crippen LogP contribution is 2.47. The number of amides is 2. The summed E-state index contributed by atoms with van der Waals surface area (Å²) in [5, 5.41) is 16.5. The number of aliphatic hydroxyl groups excluding tert-OH is 1. The number of nitrogens with one attached hydrogen (secondary N) is 2. The van der Waals surface area contributed by atoms with Crippen LogP contribution in [0.5, 0.6) is 11.5 Å². The van der Waals surface area contributed by atoms with Gasteiger partial charge in [0, 0.05) is 5.54 Å². The molecule has 3 N–H and O–H groups in total. The predicted octanol–water partition coefficient (Wildman–Crippen LogP) is 4.23. The van der Waals surface area contributed by atoms with Crippen LogP contribution in [0.25, 0.3) is 0 Å². The van der Waals surface area contributed by atoms with Gasteiger partial charge in [-0.25, -0.2) is 0 Å². The zero-order valence-electron chi connectivity index (χ0n) is 20.5. The third-order valence-corrected chi connectivity index (χ3v) is 7.22. The van der Waals surface area contributed by atoms with Crippen LogP contribution in [0.3, 0.4) is 0 Å². The molecule has 0 unspecified atom stereocenters. The van der Waals surface area contributed by atoms with Crippen LogP contribution in [0.15, 0.2) is 48.5 Å². The number of carbonyl (C=O) groups excluding carboxylic acids is 2. The van der Waals surface area contributed by atoms with E-state index in [4.69, 9.17) is 9.47 Å². The lowest BCUT2D eigenvalue weighted by Gasteiger charge is -2.56. The van der Waals surface area contributed by atoms with Crippen LogP contribution >= 0.6 is 0 Å². The maximum atomic E-state index is 12.7. The van der Waals surface area contributed by atoms with Crippen molar-refractivity contribution in [1.29, 1.82) is 0 Å². The first-order chi connectivity index (χ1) is 18.2. The summed E-state index contributed by atoms with van der Waals surface area (Å²) in [7, 11) is 0. The summed E-state index contributed by atoms with van der Waals surface area (Å²) in [5.41, 5.74) is -3.32. The van der Waals surface area contributed by atoms with E-state index in [1.807, 2.05) is 0 Å². The summed E-state index contributed by atoms with van der Waals surface area (Å²) in [4.78, 5) is 25.0. The normalized spacial score (nSPS) is 24.6. The van der Waals surface area contributed by atoms with Gasteiger partial charge < -0.3 is 25.2 Å². The summed E-state index contributed by atoms with van der Waals surface area (Å²) in [5.74, 6) is -0.852. The summed E-state index contributed by atoms with van der Waals surface area (Å²) < 4.78 is 86.6. The number of carbonyl (C=O) groups is 2. The molecular weight excluding hydrogens is 534 g/mol. The number of alkyl halides is 6. The molecular formula is C26H26F6N2O5. The molecule has 13 heteroatoms. The molecule has 212 valence electrons. The summed E-state index contributed by atoms with van der Waals surface area (Å²) >= 11 is 0. The largest absolute Gasteiger partial charge is 0.484 e.